The molecule has 0 fully saturated rings. The number of rotatable bonds is 6. The normalized spacial score (nSPS) is 10.3. The molecule has 0 amide bonds. The van der Waals surface area contributed by atoms with Crippen LogP contribution in [0.4, 0.5) is 0 Å². The fourth-order valence-electron chi connectivity index (χ4n) is 1.89. The first-order chi connectivity index (χ1) is 9.65. The van der Waals surface area contributed by atoms with Gasteiger partial charge in [-0.3, -0.25) is 4.79 Å². The van der Waals surface area contributed by atoms with Crippen LogP contribution in [0.25, 0.3) is 0 Å². The molecule has 0 saturated carbocycles. The Morgan fingerprint density at radius 1 is 1.05 bits per heavy atom. The van der Waals surface area contributed by atoms with E-state index in [-0.39, 0.29) is 5.78 Å². The maximum absolute atomic E-state index is 12.3. The predicted molar refractivity (Wildman–Crippen MR) is 75.7 cm³/mol. The average Bonchev–Trinajstić information content (AvgIpc) is 2.87. The Balaban J connectivity index is 2.32. The van der Waals surface area contributed by atoms with E-state index >= 15 is 0 Å². The van der Waals surface area contributed by atoms with Crippen molar-refractivity contribution in [3.8, 4) is 11.5 Å². The van der Waals surface area contributed by atoms with Crippen LogP contribution in [0.1, 0.15) is 35.7 Å². The van der Waals surface area contributed by atoms with E-state index in [1.54, 1.807) is 37.3 Å². The number of ether oxygens (including phenoxy) is 2. The van der Waals surface area contributed by atoms with Crippen LogP contribution in [0.15, 0.2) is 34.7 Å². The van der Waals surface area contributed by atoms with E-state index in [2.05, 4.69) is 0 Å². The van der Waals surface area contributed by atoms with Gasteiger partial charge in [-0.25, -0.2) is 0 Å². The van der Waals surface area contributed by atoms with Crippen LogP contribution in [0.5, 0.6) is 11.5 Å². The van der Waals surface area contributed by atoms with E-state index < -0.39 is 0 Å². The first-order valence-electron chi connectivity index (χ1n) is 6.66. The Hall–Kier alpha value is -2.23. The van der Waals surface area contributed by atoms with Crippen molar-refractivity contribution in [1.82, 2.24) is 0 Å². The summed E-state index contributed by atoms with van der Waals surface area (Å²) in [6, 6.07) is 8.60. The Morgan fingerprint density at radius 3 is 2.35 bits per heavy atom. The summed E-state index contributed by atoms with van der Waals surface area (Å²) in [5.41, 5.74) is 0.520. The van der Waals surface area contributed by atoms with Crippen molar-refractivity contribution in [3.05, 3.63) is 47.4 Å². The van der Waals surface area contributed by atoms with Gasteiger partial charge in [-0.15, -0.1) is 0 Å². The summed E-state index contributed by atoms with van der Waals surface area (Å²) in [6.07, 6.45) is 0. The van der Waals surface area contributed by atoms with Crippen molar-refractivity contribution in [2.75, 3.05) is 13.2 Å². The Morgan fingerprint density at radius 2 is 1.75 bits per heavy atom. The number of aryl methyl sites for hydroxylation is 1. The van der Waals surface area contributed by atoms with Crippen LogP contribution < -0.4 is 9.47 Å². The van der Waals surface area contributed by atoms with Crippen LogP contribution in [0, 0.1) is 6.92 Å². The zero-order valence-electron chi connectivity index (χ0n) is 11.9. The highest BCUT2D eigenvalue weighted by Gasteiger charge is 2.16. The molecule has 1 heterocycles. The lowest BCUT2D eigenvalue weighted by atomic mass is 10.1. The summed E-state index contributed by atoms with van der Waals surface area (Å²) in [5, 5.41) is 0. The number of hydrogen-bond acceptors (Lipinski definition) is 4. The van der Waals surface area contributed by atoms with Crippen molar-refractivity contribution >= 4 is 5.78 Å². The summed E-state index contributed by atoms with van der Waals surface area (Å²) in [5.74, 6) is 2.09. The molecule has 0 unspecified atom stereocenters. The van der Waals surface area contributed by atoms with Gasteiger partial charge in [0.15, 0.2) is 17.3 Å². The molecule has 2 aromatic rings. The summed E-state index contributed by atoms with van der Waals surface area (Å²) in [4.78, 5) is 12.3. The minimum Gasteiger partial charge on any atom is -0.490 e. The monoisotopic (exact) mass is 274 g/mol. The van der Waals surface area contributed by atoms with Crippen molar-refractivity contribution in [2.24, 2.45) is 0 Å². The van der Waals surface area contributed by atoms with Crippen molar-refractivity contribution in [2.45, 2.75) is 20.8 Å². The number of hydrogen-bond donors (Lipinski definition) is 0. The first kappa shape index (κ1) is 14.2. The summed E-state index contributed by atoms with van der Waals surface area (Å²) < 4.78 is 16.3. The second-order valence-electron chi connectivity index (χ2n) is 4.27. The highest BCUT2D eigenvalue weighted by molar-refractivity contribution is 6.07. The number of benzene rings is 1. The lowest BCUT2D eigenvalue weighted by Gasteiger charge is -2.11. The Labute approximate surface area is 118 Å². The zero-order valence-corrected chi connectivity index (χ0v) is 11.9. The van der Waals surface area contributed by atoms with E-state index in [1.165, 1.54) is 0 Å². The highest BCUT2D eigenvalue weighted by atomic mass is 16.5. The van der Waals surface area contributed by atoms with Gasteiger partial charge in [0.2, 0.25) is 5.78 Å². The maximum atomic E-state index is 12.3. The van der Waals surface area contributed by atoms with Gasteiger partial charge < -0.3 is 13.9 Å². The van der Waals surface area contributed by atoms with Crippen LogP contribution in [0.2, 0.25) is 0 Å². The summed E-state index contributed by atoms with van der Waals surface area (Å²) >= 11 is 0. The Bertz CT molecular complexity index is 598. The lowest BCUT2D eigenvalue weighted by Crippen LogP contribution is -2.03. The SMILES string of the molecule is CCOc1ccc(C(=O)c2ccc(C)o2)cc1OCC. The van der Waals surface area contributed by atoms with E-state index in [4.69, 9.17) is 13.9 Å². The third-order valence-electron chi connectivity index (χ3n) is 2.77. The van der Waals surface area contributed by atoms with Crippen molar-refractivity contribution in [1.29, 1.82) is 0 Å². The Kier molecular flexibility index (Phi) is 4.45. The zero-order chi connectivity index (χ0) is 14.5. The lowest BCUT2D eigenvalue weighted by molar-refractivity contribution is 0.101. The fourth-order valence-corrected chi connectivity index (χ4v) is 1.89. The van der Waals surface area contributed by atoms with E-state index in [1.807, 2.05) is 13.8 Å². The van der Waals surface area contributed by atoms with Gasteiger partial charge in [0.1, 0.15) is 5.76 Å². The molecule has 0 aliphatic carbocycles. The molecule has 1 aromatic heterocycles. The molecule has 0 atom stereocenters. The molecule has 0 saturated heterocycles. The highest BCUT2D eigenvalue weighted by Crippen LogP contribution is 2.29. The third-order valence-corrected chi connectivity index (χ3v) is 2.77. The molecule has 4 nitrogen and oxygen atoms in total. The molecule has 0 radical (unpaired) electrons. The predicted octanol–water partition coefficient (Wildman–Crippen LogP) is 3.62. The minimum atomic E-state index is -0.165. The molecule has 0 aliphatic heterocycles. The van der Waals surface area contributed by atoms with Gasteiger partial charge >= 0.3 is 0 Å². The molecular formula is C16H18O4. The fraction of sp³-hybridized carbons (Fsp3) is 0.312. The van der Waals surface area contributed by atoms with Gasteiger partial charge in [-0.05, 0) is 51.1 Å². The van der Waals surface area contributed by atoms with E-state index in [0.29, 0.717) is 41.8 Å². The second-order valence-corrected chi connectivity index (χ2v) is 4.27. The molecule has 1 aromatic carbocycles. The third kappa shape index (κ3) is 3.02. The minimum absolute atomic E-state index is 0.165. The molecule has 0 aliphatic rings. The number of ketones is 1. The van der Waals surface area contributed by atoms with Crippen molar-refractivity contribution in [3.63, 3.8) is 0 Å². The average molecular weight is 274 g/mol. The summed E-state index contributed by atoms with van der Waals surface area (Å²) in [7, 11) is 0. The van der Waals surface area contributed by atoms with E-state index in [9.17, 15) is 4.79 Å². The largest absolute Gasteiger partial charge is 0.490 e. The van der Waals surface area contributed by atoms with E-state index in [0.717, 1.165) is 0 Å². The van der Waals surface area contributed by atoms with Crippen LogP contribution >= 0.6 is 0 Å². The number of carbonyl (C=O) groups is 1. The van der Waals surface area contributed by atoms with Gasteiger partial charge in [0.05, 0.1) is 13.2 Å². The summed E-state index contributed by atoms with van der Waals surface area (Å²) in [6.45, 7) is 6.66. The van der Waals surface area contributed by atoms with Gasteiger partial charge in [-0.1, -0.05) is 0 Å². The second kappa shape index (κ2) is 6.28. The number of furan rings is 1. The molecule has 4 heteroatoms. The maximum Gasteiger partial charge on any atom is 0.228 e. The molecule has 2 rings (SSSR count). The van der Waals surface area contributed by atoms with Crippen LogP contribution in [-0.4, -0.2) is 19.0 Å². The van der Waals surface area contributed by atoms with Crippen LogP contribution in [-0.2, 0) is 0 Å². The quantitative estimate of drug-likeness (QED) is 0.755. The number of carbonyl (C=O) groups excluding carboxylic acids is 1. The molecule has 0 N–H and O–H groups in total. The van der Waals surface area contributed by atoms with Crippen LogP contribution in [0.3, 0.4) is 0 Å². The van der Waals surface area contributed by atoms with Gasteiger partial charge in [0.25, 0.3) is 0 Å². The standard InChI is InChI=1S/C16H18O4/c1-4-18-13-9-7-12(10-15(13)19-5-2)16(17)14-8-6-11(3)20-14/h6-10H,4-5H2,1-3H3. The molecule has 106 valence electrons. The molecule has 20 heavy (non-hydrogen) atoms. The van der Waals surface area contributed by atoms with Gasteiger partial charge in [-0.2, -0.15) is 0 Å². The topological polar surface area (TPSA) is 48.7 Å². The van der Waals surface area contributed by atoms with Gasteiger partial charge in [0, 0.05) is 5.56 Å². The smallest absolute Gasteiger partial charge is 0.228 e. The molecular weight excluding hydrogens is 256 g/mol. The first-order valence-corrected chi connectivity index (χ1v) is 6.66. The molecule has 0 bridgehead atoms. The molecule has 0 spiro atoms. The van der Waals surface area contributed by atoms with Crippen molar-refractivity contribution < 1.29 is 18.7 Å².